The summed E-state index contributed by atoms with van der Waals surface area (Å²) < 4.78 is 33.1. The fraction of sp³-hybridized carbons (Fsp3) is 0.357. The number of rotatable bonds is 4. The van der Waals surface area contributed by atoms with Gasteiger partial charge in [0.1, 0.15) is 5.76 Å². The van der Waals surface area contributed by atoms with E-state index in [0.29, 0.717) is 28.5 Å². The van der Waals surface area contributed by atoms with Crippen LogP contribution in [0.3, 0.4) is 0 Å². The Labute approximate surface area is 124 Å². The zero-order chi connectivity index (χ0) is 15.8. The van der Waals surface area contributed by atoms with Gasteiger partial charge in [-0.1, -0.05) is 6.07 Å². The van der Waals surface area contributed by atoms with Gasteiger partial charge in [0.25, 0.3) is 0 Å². The van der Waals surface area contributed by atoms with E-state index in [1.807, 2.05) is 0 Å². The lowest BCUT2D eigenvalue weighted by Gasteiger charge is -2.16. The van der Waals surface area contributed by atoms with Gasteiger partial charge in [-0.3, -0.25) is 0 Å². The Morgan fingerprint density at radius 3 is 2.52 bits per heavy atom. The van der Waals surface area contributed by atoms with Crippen LogP contribution in [-0.4, -0.2) is 13.4 Å². The first-order chi connectivity index (χ1) is 9.72. The van der Waals surface area contributed by atoms with E-state index in [1.54, 1.807) is 46.0 Å². The quantitative estimate of drug-likeness (QED) is 0.844. The van der Waals surface area contributed by atoms with Crippen LogP contribution < -0.4 is 10.5 Å². The number of nitrogens with zero attached hydrogens (tertiary/aromatic N) is 1. The fourth-order valence-corrected chi connectivity index (χ4v) is 3.87. The summed E-state index contributed by atoms with van der Waals surface area (Å²) in [6.45, 7) is 6.86. The Balaban J connectivity index is 2.37. The second kappa shape index (κ2) is 5.50. The van der Waals surface area contributed by atoms with Crippen LogP contribution in [0.5, 0.6) is 0 Å². The third-order valence-corrected chi connectivity index (χ3v) is 5.08. The molecule has 0 bridgehead atoms. The zero-order valence-corrected chi connectivity index (χ0v) is 13.3. The Kier molecular flexibility index (Phi) is 4.06. The van der Waals surface area contributed by atoms with Crippen LogP contribution >= 0.6 is 0 Å². The molecule has 1 heterocycles. The van der Waals surface area contributed by atoms with Crippen LogP contribution in [0.4, 0.5) is 5.69 Å². The minimum Gasteiger partial charge on any atom is -0.444 e. The summed E-state index contributed by atoms with van der Waals surface area (Å²) in [5.41, 5.74) is 7.44. The number of benzene rings is 1. The van der Waals surface area contributed by atoms with E-state index >= 15 is 0 Å². The van der Waals surface area contributed by atoms with Crippen LogP contribution in [0, 0.1) is 20.8 Å². The molecule has 0 amide bonds. The van der Waals surface area contributed by atoms with Gasteiger partial charge in [0.15, 0.2) is 0 Å². The van der Waals surface area contributed by atoms with Crippen LogP contribution in [0.25, 0.3) is 0 Å². The maximum Gasteiger partial charge on any atom is 0.241 e. The summed E-state index contributed by atoms with van der Waals surface area (Å²) in [5.74, 6) is 0.961. The lowest BCUT2D eigenvalue weighted by Crippen LogP contribution is -2.28. The first-order valence-corrected chi connectivity index (χ1v) is 8.01. The molecule has 7 heteroatoms. The number of nitrogens with two attached hydrogens (primary N) is 1. The van der Waals surface area contributed by atoms with E-state index < -0.39 is 16.1 Å². The predicted octanol–water partition coefficient (Wildman–Crippen LogP) is 2.22. The number of nitrogens with one attached hydrogen (secondary N) is 1. The van der Waals surface area contributed by atoms with Crippen LogP contribution in [0.15, 0.2) is 27.6 Å². The highest BCUT2D eigenvalue weighted by molar-refractivity contribution is 7.89. The molecule has 0 aliphatic heterocycles. The Morgan fingerprint density at radius 2 is 1.95 bits per heavy atom. The van der Waals surface area contributed by atoms with Crippen molar-refractivity contribution in [2.24, 2.45) is 0 Å². The Bertz CT molecular complexity index is 766. The molecule has 0 fully saturated rings. The predicted molar refractivity (Wildman–Crippen MR) is 80.3 cm³/mol. The monoisotopic (exact) mass is 309 g/mol. The molecule has 1 atom stereocenters. The van der Waals surface area contributed by atoms with E-state index in [-0.39, 0.29) is 4.90 Å². The lowest BCUT2D eigenvalue weighted by molar-refractivity contribution is 0.427. The molecule has 6 nitrogen and oxygen atoms in total. The van der Waals surface area contributed by atoms with Crippen molar-refractivity contribution in [3.8, 4) is 0 Å². The van der Waals surface area contributed by atoms with Crippen LogP contribution in [-0.2, 0) is 10.0 Å². The van der Waals surface area contributed by atoms with Crippen molar-refractivity contribution in [3.63, 3.8) is 0 Å². The summed E-state index contributed by atoms with van der Waals surface area (Å²) in [6, 6.07) is 2.82. The van der Waals surface area contributed by atoms with Crippen molar-refractivity contribution in [2.45, 2.75) is 38.6 Å². The average molecular weight is 309 g/mol. The van der Waals surface area contributed by atoms with E-state index in [1.165, 1.54) is 0 Å². The Hall–Kier alpha value is -1.86. The van der Waals surface area contributed by atoms with Crippen LogP contribution in [0.2, 0.25) is 0 Å². The number of hydrogen-bond donors (Lipinski definition) is 2. The molecule has 2 aromatic rings. The average Bonchev–Trinajstić information content (AvgIpc) is 2.80. The van der Waals surface area contributed by atoms with Gasteiger partial charge in [-0.25, -0.2) is 13.4 Å². The molecule has 114 valence electrons. The first kappa shape index (κ1) is 15.5. The number of oxazole rings is 1. The van der Waals surface area contributed by atoms with Crippen molar-refractivity contribution < 1.29 is 12.8 Å². The maximum absolute atomic E-state index is 12.6. The molecule has 1 aromatic carbocycles. The Morgan fingerprint density at radius 1 is 1.29 bits per heavy atom. The zero-order valence-electron chi connectivity index (χ0n) is 12.5. The van der Waals surface area contributed by atoms with E-state index in [9.17, 15) is 8.42 Å². The van der Waals surface area contributed by atoms with Gasteiger partial charge in [-0.2, -0.15) is 4.72 Å². The lowest BCUT2D eigenvalue weighted by atomic mass is 10.1. The summed E-state index contributed by atoms with van der Waals surface area (Å²) >= 11 is 0. The first-order valence-electron chi connectivity index (χ1n) is 6.52. The van der Waals surface area contributed by atoms with Crippen molar-refractivity contribution >= 4 is 15.7 Å². The van der Waals surface area contributed by atoms with Gasteiger partial charge in [0.2, 0.25) is 15.9 Å². The molecule has 0 saturated heterocycles. The van der Waals surface area contributed by atoms with Crippen molar-refractivity contribution in [3.05, 3.63) is 41.1 Å². The molecule has 0 saturated carbocycles. The van der Waals surface area contributed by atoms with Gasteiger partial charge in [0, 0.05) is 5.69 Å². The fourth-order valence-electron chi connectivity index (χ4n) is 2.17. The van der Waals surface area contributed by atoms with Gasteiger partial charge < -0.3 is 10.2 Å². The summed E-state index contributed by atoms with van der Waals surface area (Å²) in [5, 5.41) is 0. The topological polar surface area (TPSA) is 98.2 Å². The molecular weight excluding hydrogens is 290 g/mol. The number of aromatic nitrogens is 1. The molecule has 1 aromatic heterocycles. The molecule has 0 aliphatic carbocycles. The second-order valence-corrected chi connectivity index (χ2v) is 6.73. The van der Waals surface area contributed by atoms with E-state index in [2.05, 4.69) is 9.71 Å². The molecule has 2 rings (SSSR count). The van der Waals surface area contributed by atoms with E-state index in [0.717, 1.165) is 0 Å². The summed E-state index contributed by atoms with van der Waals surface area (Å²) in [6.07, 6.45) is 1.55. The molecule has 1 unspecified atom stereocenters. The van der Waals surface area contributed by atoms with Gasteiger partial charge >= 0.3 is 0 Å². The highest BCUT2D eigenvalue weighted by atomic mass is 32.2. The normalized spacial score (nSPS) is 13.3. The third-order valence-electron chi connectivity index (χ3n) is 3.25. The number of anilines is 1. The number of sulfonamides is 1. The van der Waals surface area contributed by atoms with Crippen LogP contribution in [0.1, 0.15) is 35.7 Å². The standard InChI is InChI=1S/C14H19N3O3S/c1-8-5-6-12(15)10(3)13(8)21(18,19)17-11(4)14-16-7-9(2)20-14/h5-7,11,17H,15H2,1-4H3. The number of nitrogen functional groups attached to an aromatic ring is 1. The minimum atomic E-state index is -3.71. The van der Waals surface area contributed by atoms with E-state index in [4.69, 9.17) is 10.2 Å². The molecule has 3 N–H and O–H groups in total. The SMILES string of the molecule is Cc1cnc(C(C)NS(=O)(=O)c2c(C)ccc(N)c2C)o1. The second-order valence-electron chi connectivity index (χ2n) is 5.08. The molecule has 0 radical (unpaired) electrons. The number of aryl methyl sites for hydroxylation is 2. The molecule has 21 heavy (non-hydrogen) atoms. The summed E-state index contributed by atoms with van der Waals surface area (Å²) in [7, 11) is -3.71. The highest BCUT2D eigenvalue weighted by Gasteiger charge is 2.25. The minimum absolute atomic E-state index is 0.206. The van der Waals surface area contributed by atoms with Gasteiger partial charge in [-0.15, -0.1) is 0 Å². The molecule has 0 aliphatic rings. The number of hydrogen-bond acceptors (Lipinski definition) is 5. The van der Waals surface area contributed by atoms with Crippen molar-refractivity contribution in [1.82, 2.24) is 9.71 Å². The van der Waals surface area contributed by atoms with Gasteiger partial charge in [-0.05, 0) is 44.9 Å². The molecule has 0 spiro atoms. The highest BCUT2D eigenvalue weighted by Crippen LogP contribution is 2.26. The largest absolute Gasteiger partial charge is 0.444 e. The van der Waals surface area contributed by atoms with Crippen molar-refractivity contribution in [2.75, 3.05) is 5.73 Å². The van der Waals surface area contributed by atoms with Crippen molar-refractivity contribution in [1.29, 1.82) is 0 Å². The third kappa shape index (κ3) is 3.08. The van der Waals surface area contributed by atoms with Gasteiger partial charge in [0.05, 0.1) is 17.1 Å². The molecular formula is C14H19N3O3S. The maximum atomic E-state index is 12.6. The smallest absolute Gasteiger partial charge is 0.241 e. The summed E-state index contributed by atoms with van der Waals surface area (Å²) in [4.78, 5) is 4.24.